The van der Waals surface area contributed by atoms with Gasteiger partial charge in [-0.25, -0.2) is 0 Å². The van der Waals surface area contributed by atoms with Crippen LogP contribution in [0.15, 0.2) is 48.5 Å². The number of anilines is 3. The summed E-state index contributed by atoms with van der Waals surface area (Å²) in [6, 6.07) is 14.0. The molecule has 7 nitrogen and oxygen atoms in total. The standard InChI is InChI=1S/C20H23N3O4S/c1-3-27-18-7-5-4-6-17(18)23-20(26)13-28-12-19(25)22-16-10-8-15(9-11-16)21-14(2)24/h4-11H,3,12-13H2,1-2H3,(H,21,24)(H,22,25)(H,23,26). The summed E-state index contributed by atoms with van der Waals surface area (Å²) in [6.07, 6.45) is 0. The summed E-state index contributed by atoms with van der Waals surface area (Å²) >= 11 is 1.22. The Morgan fingerprint density at radius 1 is 0.857 bits per heavy atom. The van der Waals surface area contributed by atoms with Crippen molar-refractivity contribution < 1.29 is 19.1 Å². The summed E-state index contributed by atoms with van der Waals surface area (Å²) in [5.74, 6) is 0.340. The number of amides is 3. The van der Waals surface area contributed by atoms with Crippen LogP contribution in [0, 0.1) is 0 Å². The van der Waals surface area contributed by atoms with Gasteiger partial charge in [0.2, 0.25) is 17.7 Å². The van der Waals surface area contributed by atoms with Crippen LogP contribution in [0.3, 0.4) is 0 Å². The van der Waals surface area contributed by atoms with Crippen molar-refractivity contribution in [1.29, 1.82) is 0 Å². The molecule has 0 aliphatic heterocycles. The topological polar surface area (TPSA) is 96.5 Å². The second-order valence-corrected chi connectivity index (χ2v) is 6.76. The molecule has 3 amide bonds. The van der Waals surface area contributed by atoms with Gasteiger partial charge in [-0.05, 0) is 43.3 Å². The summed E-state index contributed by atoms with van der Waals surface area (Å²) in [5, 5.41) is 8.19. The monoisotopic (exact) mass is 401 g/mol. The van der Waals surface area contributed by atoms with E-state index < -0.39 is 0 Å². The maximum absolute atomic E-state index is 12.1. The highest BCUT2D eigenvalue weighted by Gasteiger charge is 2.09. The normalized spacial score (nSPS) is 10.1. The number of hydrogen-bond acceptors (Lipinski definition) is 5. The fraction of sp³-hybridized carbons (Fsp3) is 0.250. The predicted octanol–water partition coefficient (Wildman–Crippen LogP) is 3.35. The molecule has 0 saturated heterocycles. The van der Waals surface area contributed by atoms with E-state index in [0.29, 0.717) is 29.4 Å². The van der Waals surface area contributed by atoms with Gasteiger partial charge in [-0.15, -0.1) is 11.8 Å². The van der Waals surface area contributed by atoms with Gasteiger partial charge in [0.15, 0.2) is 0 Å². The maximum atomic E-state index is 12.1. The highest BCUT2D eigenvalue weighted by atomic mass is 32.2. The molecule has 28 heavy (non-hydrogen) atoms. The summed E-state index contributed by atoms with van der Waals surface area (Å²) in [5.41, 5.74) is 1.89. The Hall–Kier alpha value is -3.00. The molecular weight excluding hydrogens is 378 g/mol. The molecule has 0 bridgehead atoms. The third kappa shape index (κ3) is 7.32. The van der Waals surface area contributed by atoms with Crippen LogP contribution >= 0.6 is 11.8 Å². The Bertz CT molecular complexity index is 824. The molecule has 8 heteroatoms. The van der Waals surface area contributed by atoms with Crippen LogP contribution in [0.1, 0.15) is 13.8 Å². The van der Waals surface area contributed by atoms with Crippen LogP contribution in [-0.2, 0) is 14.4 Å². The Morgan fingerprint density at radius 3 is 2.04 bits per heavy atom. The van der Waals surface area contributed by atoms with Gasteiger partial charge in [-0.1, -0.05) is 12.1 Å². The first kappa shape index (κ1) is 21.3. The zero-order valence-electron chi connectivity index (χ0n) is 15.8. The Labute approximate surface area is 168 Å². The minimum absolute atomic E-state index is 0.147. The van der Waals surface area contributed by atoms with Gasteiger partial charge < -0.3 is 20.7 Å². The minimum atomic E-state index is -0.209. The summed E-state index contributed by atoms with van der Waals surface area (Å²) in [7, 11) is 0. The van der Waals surface area contributed by atoms with E-state index in [1.807, 2.05) is 19.1 Å². The van der Waals surface area contributed by atoms with Crippen LogP contribution in [0.2, 0.25) is 0 Å². The van der Waals surface area contributed by atoms with Gasteiger partial charge in [0.05, 0.1) is 23.8 Å². The molecule has 148 valence electrons. The first-order valence-electron chi connectivity index (χ1n) is 8.75. The van der Waals surface area contributed by atoms with Crippen molar-refractivity contribution in [3.05, 3.63) is 48.5 Å². The van der Waals surface area contributed by atoms with E-state index >= 15 is 0 Å². The van der Waals surface area contributed by atoms with Crippen LogP contribution in [0.4, 0.5) is 17.1 Å². The third-order valence-corrected chi connectivity index (χ3v) is 4.35. The lowest BCUT2D eigenvalue weighted by molar-refractivity contribution is -0.115. The number of benzene rings is 2. The molecule has 2 aromatic carbocycles. The van der Waals surface area contributed by atoms with E-state index in [2.05, 4.69) is 16.0 Å². The lowest BCUT2D eigenvalue weighted by atomic mass is 10.3. The van der Waals surface area contributed by atoms with E-state index in [9.17, 15) is 14.4 Å². The van der Waals surface area contributed by atoms with Crippen LogP contribution < -0.4 is 20.7 Å². The molecule has 0 aliphatic rings. The molecular formula is C20H23N3O4S. The third-order valence-electron chi connectivity index (χ3n) is 3.42. The van der Waals surface area contributed by atoms with Gasteiger partial charge in [0.25, 0.3) is 0 Å². The average molecular weight is 401 g/mol. The SMILES string of the molecule is CCOc1ccccc1NC(=O)CSCC(=O)Nc1ccc(NC(C)=O)cc1. The molecule has 0 aromatic heterocycles. The molecule has 0 atom stereocenters. The first-order valence-corrected chi connectivity index (χ1v) is 9.90. The quantitative estimate of drug-likeness (QED) is 0.599. The second-order valence-electron chi connectivity index (χ2n) is 5.78. The number of rotatable bonds is 9. The largest absolute Gasteiger partial charge is 0.492 e. The Kier molecular flexibility index (Phi) is 8.36. The van der Waals surface area contributed by atoms with E-state index in [0.717, 1.165) is 0 Å². The van der Waals surface area contributed by atoms with Gasteiger partial charge in [0.1, 0.15) is 5.75 Å². The van der Waals surface area contributed by atoms with Crippen molar-refractivity contribution in [2.75, 3.05) is 34.1 Å². The van der Waals surface area contributed by atoms with Crippen LogP contribution in [0.5, 0.6) is 5.75 Å². The van der Waals surface area contributed by atoms with E-state index in [1.165, 1.54) is 18.7 Å². The van der Waals surface area contributed by atoms with Gasteiger partial charge >= 0.3 is 0 Å². The Balaban J connectivity index is 1.74. The van der Waals surface area contributed by atoms with Gasteiger partial charge in [-0.3, -0.25) is 14.4 Å². The highest BCUT2D eigenvalue weighted by Crippen LogP contribution is 2.23. The number of hydrogen-bond donors (Lipinski definition) is 3. The average Bonchev–Trinajstić information content (AvgIpc) is 2.65. The van der Waals surface area contributed by atoms with Gasteiger partial charge in [-0.2, -0.15) is 0 Å². The zero-order chi connectivity index (χ0) is 20.4. The molecule has 2 aromatic rings. The smallest absolute Gasteiger partial charge is 0.234 e. The van der Waals surface area contributed by atoms with Crippen molar-refractivity contribution in [2.45, 2.75) is 13.8 Å². The number of carbonyl (C=O) groups is 3. The molecule has 0 fully saturated rings. The van der Waals surface area contributed by atoms with E-state index in [1.54, 1.807) is 36.4 Å². The number of para-hydroxylation sites is 2. The number of thioether (sulfide) groups is 1. The zero-order valence-corrected chi connectivity index (χ0v) is 16.6. The molecule has 0 spiro atoms. The fourth-order valence-corrected chi connectivity index (χ4v) is 2.93. The number of ether oxygens (including phenoxy) is 1. The van der Waals surface area contributed by atoms with Crippen LogP contribution in [-0.4, -0.2) is 35.8 Å². The minimum Gasteiger partial charge on any atom is -0.492 e. The molecule has 2 rings (SSSR count). The van der Waals surface area contributed by atoms with Crippen LogP contribution in [0.25, 0.3) is 0 Å². The summed E-state index contributed by atoms with van der Waals surface area (Å²) < 4.78 is 5.47. The molecule has 0 saturated carbocycles. The predicted molar refractivity (Wildman–Crippen MR) is 113 cm³/mol. The second kappa shape index (κ2) is 11.0. The number of carbonyl (C=O) groups excluding carboxylic acids is 3. The molecule has 0 heterocycles. The number of nitrogens with one attached hydrogen (secondary N) is 3. The molecule has 0 radical (unpaired) electrons. The summed E-state index contributed by atoms with van der Waals surface area (Å²) in [6.45, 7) is 3.81. The van der Waals surface area contributed by atoms with Gasteiger partial charge in [0, 0.05) is 18.3 Å². The van der Waals surface area contributed by atoms with E-state index in [4.69, 9.17) is 4.74 Å². The molecule has 0 aliphatic carbocycles. The lowest BCUT2D eigenvalue weighted by Crippen LogP contribution is -2.18. The summed E-state index contributed by atoms with van der Waals surface area (Å²) in [4.78, 5) is 35.1. The van der Waals surface area contributed by atoms with E-state index in [-0.39, 0.29) is 29.2 Å². The van der Waals surface area contributed by atoms with Crippen molar-refractivity contribution >= 4 is 46.5 Å². The Morgan fingerprint density at radius 2 is 1.43 bits per heavy atom. The van der Waals surface area contributed by atoms with Crippen molar-refractivity contribution in [1.82, 2.24) is 0 Å². The molecule has 0 unspecified atom stereocenters. The van der Waals surface area contributed by atoms with Crippen molar-refractivity contribution in [2.24, 2.45) is 0 Å². The molecule has 3 N–H and O–H groups in total. The highest BCUT2D eigenvalue weighted by molar-refractivity contribution is 8.00. The maximum Gasteiger partial charge on any atom is 0.234 e. The lowest BCUT2D eigenvalue weighted by Gasteiger charge is -2.11. The first-order chi connectivity index (χ1) is 13.5. The van der Waals surface area contributed by atoms with Crippen molar-refractivity contribution in [3.63, 3.8) is 0 Å². The fourth-order valence-electron chi connectivity index (χ4n) is 2.31. The van der Waals surface area contributed by atoms with Crippen molar-refractivity contribution in [3.8, 4) is 5.75 Å².